The Bertz CT molecular complexity index is 337. The maximum atomic E-state index is 12.5. The Hall–Kier alpha value is -0.710. The number of aromatic nitrogens is 1. The highest BCUT2D eigenvalue weighted by molar-refractivity contribution is 9.10. The summed E-state index contributed by atoms with van der Waals surface area (Å²) in [6.45, 7) is 0. The first kappa shape index (κ1) is 9.83. The van der Waals surface area contributed by atoms with Crippen LogP contribution in [0.15, 0.2) is 22.9 Å². The number of nitrogens with zero attached hydrogens (tertiary/aromatic N) is 1. The molecule has 0 atom stereocenters. The van der Waals surface area contributed by atoms with Crippen LogP contribution in [0.1, 0.15) is 12.8 Å². The third-order valence-corrected chi connectivity index (χ3v) is 2.49. The van der Waals surface area contributed by atoms with Crippen molar-refractivity contribution in [2.24, 2.45) is 0 Å². The van der Waals surface area contributed by atoms with Crippen LogP contribution in [0.2, 0.25) is 0 Å². The first-order valence-electron chi connectivity index (χ1n) is 4.21. The van der Waals surface area contributed by atoms with Gasteiger partial charge in [-0.3, -0.25) is 0 Å². The van der Waals surface area contributed by atoms with Gasteiger partial charge in [0.2, 0.25) is 0 Å². The minimum absolute atomic E-state index is 0.188. The molecule has 1 fully saturated rings. The Kier molecular flexibility index (Phi) is 2.43. The number of hydrogen-bond donors (Lipinski definition) is 0. The fraction of sp³-hybridized carbons (Fsp3) is 0.444. The molecule has 1 aliphatic carbocycles. The highest BCUT2D eigenvalue weighted by Crippen LogP contribution is 2.39. The summed E-state index contributed by atoms with van der Waals surface area (Å²) in [5, 5.41) is 0. The van der Waals surface area contributed by atoms with Gasteiger partial charge >= 0.3 is 0 Å². The third kappa shape index (κ3) is 2.20. The summed E-state index contributed by atoms with van der Waals surface area (Å²) in [6.07, 6.45) is 0.829. The van der Waals surface area contributed by atoms with Crippen LogP contribution < -0.4 is 4.74 Å². The van der Waals surface area contributed by atoms with E-state index in [4.69, 9.17) is 4.74 Å². The summed E-state index contributed by atoms with van der Waals surface area (Å²) in [5.41, 5.74) is 0. The van der Waals surface area contributed by atoms with E-state index in [9.17, 15) is 8.78 Å². The van der Waals surface area contributed by atoms with Crippen LogP contribution in [0, 0.1) is 0 Å². The van der Waals surface area contributed by atoms with Gasteiger partial charge in [0.25, 0.3) is 5.92 Å². The SMILES string of the molecule is FC1(F)CC(Oc2ccnc(Br)c2)C1. The van der Waals surface area contributed by atoms with Crippen molar-refractivity contribution in [1.82, 2.24) is 4.98 Å². The zero-order valence-corrected chi connectivity index (χ0v) is 8.80. The number of rotatable bonds is 2. The molecule has 1 heterocycles. The van der Waals surface area contributed by atoms with E-state index in [1.165, 1.54) is 0 Å². The lowest BCUT2D eigenvalue weighted by molar-refractivity contribution is -0.134. The van der Waals surface area contributed by atoms with Crippen molar-refractivity contribution >= 4 is 15.9 Å². The molecule has 76 valence electrons. The molecule has 2 rings (SSSR count). The van der Waals surface area contributed by atoms with E-state index >= 15 is 0 Å². The molecule has 0 radical (unpaired) electrons. The molecule has 1 aromatic rings. The summed E-state index contributed by atoms with van der Waals surface area (Å²) in [5.74, 6) is -1.96. The standard InChI is InChI=1S/C9H8BrF2NO/c10-8-3-6(1-2-13-8)14-7-4-9(11,12)5-7/h1-3,7H,4-5H2. The maximum Gasteiger partial charge on any atom is 0.255 e. The van der Waals surface area contributed by atoms with Crippen molar-refractivity contribution < 1.29 is 13.5 Å². The molecular formula is C9H8BrF2NO. The average molecular weight is 264 g/mol. The van der Waals surface area contributed by atoms with Crippen molar-refractivity contribution in [3.63, 3.8) is 0 Å². The van der Waals surface area contributed by atoms with Gasteiger partial charge in [0.05, 0.1) is 0 Å². The second-order valence-corrected chi connectivity index (χ2v) is 4.13. The molecule has 0 amide bonds. The molecule has 2 nitrogen and oxygen atoms in total. The van der Waals surface area contributed by atoms with Gasteiger partial charge in [0.1, 0.15) is 16.5 Å². The summed E-state index contributed by atoms with van der Waals surface area (Å²) in [4.78, 5) is 3.91. The first-order chi connectivity index (χ1) is 6.55. The Labute approximate surface area is 88.4 Å². The van der Waals surface area contributed by atoms with Gasteiger partial charge in [-0.1, -0.05) is 0 Å². The molecule has 5 heteroatoms. The number of ether oxygens (including phenoxy) is 1. The van der Waals surface area contributed by atoms with Crippen LogP contribution >= 0.6 is 15.9 Å². The summed E-state index contributed by atoms with van der Waals surface area (Å²) in [6, 6.07) is 3.32. The Morgan fingerprint density at radius 3 is 2.79 bits per heavy atom. The van der Waals surface area contributed by atoms with Crippen molar-refractivity contribution in [2.45, 2.75) is 24.9 Å². The highest BCUT2D eigenvalue weighted by Gasteiger charge is 2.46. The van der Waals surface area contributed by atoms with Gasteiger partial charge < -0.3 is 4.74 Å². The topological polar surface area (TPSA) is 22.1 Å². The van der Waals surface area contributed by atoms with Gasteiger partial charge in [-0.15, -0.1) is 0 Å². The largest absolute Gasteiger partial charge is 0.490 e. The second-order valence-electron chi connectivity index (χ2n) is 3.32. The highest BCUT2D eigenvalue weighted by atomic mass is 79.9. The van der Waals surface area contributed by atoms with Gasteiger partial charge in [-0.25, -0.2) is 13.8 Å². The monoisotopic (exact) mass is 263 g/mol. The second kappa shape index (κ2) is 3.46. The average Bonchev–Trinajstić information content (AvgIpc) is 2.00. The maximum absolute atomic E-state index is 12.5. The molecule has 1 saturated carbocycles. The number of halogens is 3. The lowest BCUT2D eigenvalue weighted by Gasteiger charge is -2.34. The molecule has 0 spiro atoms. The molecule has 14 heavy (non-hydrogen) atoms. The number of pyridine rings is 1. The first-order valence-corrected chi connectivity index (χ1v) is 5.00. The summed E-state index contributed by atoms with van der Waals surface area (Å²) >= 11 is 3.18. The van der Waals surface area contributed by atoms with Crippen molar-refractivity contribution in [2.75, 3.05) is 0 Å². The van der Waals surface area contributed by atoms with Gasteiger partial charge in [-0.05, 0) is 22.0 Å². The molecule has 1 aromatic heterocycles. The fourth-order valence-electron chi connectivity index (χ4n) is 1.34. The van der Waals surface area contributed by atoms with Crippen LogP contribution in [0.4, 0.5) is 8.78 Å². The molecule has 0 bridgehead atoms. The van der Waals surface area contributed by atoms with Gasteiger partial charge in [-0.2, -0.15) is 0 Å². The minimum atomic E-state index is -2.53. The third-order valence-electron chi connectivity index (χ3n) is 2.05. The summed E-state index contributed by atoms with van der Waals surface area (Å²) < 4.78 is 30.9. The van der Waals surface area contributed by atoms with Crippen LogP contribution in [-0.4, -0.2) is 17.0 Å². The van der Waals surface area contributed by atoms with Crippen molar-refractivity contribution in [1.29, 1.82) is 0 Å². The quantitative estimate of drug-likeness (QED) is 0.766. The predicted molar refractivity (Wildman–Crippen MR) is 50.5 cm³/mol. The number of hydrogen-bond acceptors (Lipinski definition) is 2. The Balaban J connectivity index is 1.93. The van der Waals surface area contributed by atoms with E-state index in [1.807, 2.05) is 0 Å². The van der Waals surface area contributed by atoms with E-state index in [-0.39, 0.29) is 18.9 Å². The van der Waals surface area contributed by atoms with E-state index in [1.54, 1.807) is 18.3 Å². The number of alkyl halides is 2. The summed E-state index contributed by atoms with van der Waals surface area (Å²) in [7, 11) is 0. The fourth-order valence-corrected chi connectivity index (χ4v) is 1.68. The Morgan fingerprint density at radius 1 is 1.50 bits per heavy atom. The molecule has 0 unspecified atom stereocenters. The zero-order chi connectivity index (χ0) is 10.2. The lowest BCUT2D eigenvalue weighted by atomic mass is 9.91. The molecule has 0 aromatic carbocycles. The normalized spacial score (nSPS) is 20.2. The van der Waals surface area contributed by atoms with E-state index in [0.717, 1.165) is 0 Å². The smallest absolute Gasteiger partial charge is 0.255 e. The van der Waals surface area contributed by atoms with E-state index < -0.39 is 5.92 Å². The Morgan fingerprint density at radius 2 is 2.21 bits per heavy atom. The van der Waals surface area contributed by atoms with E-state index in [2.05, 4.69) is 20.9 Å². The minimum Gasteiger partial charge on any atom is -0.490 e. The van der Waals surface area contributed by atoms with Crippen molar-refractivity contribution in [3.8, 4) is 5.75 Å². The van der Waals surface area contributed by atoms with Crippen molar-refractivity contribution in [3.05, 3.63) is 22.9 Å². The van der Waals surface area contributed by atoms with Gasteiger partial charge in [0.15, 0.2) is 0 Å². The molecular weight excluding hydrogens is 256 g/mol. The van der Waals surface area contributed by atoms with Gasteiger partial charge in [0, 0.05) is 25.1 Å². The predicted octanol–water partition coefficient (Wildman–Crippen LogP) is 3.02. The van der Waals surface area contributed by atoms with Crippen LogP contribution in [-0.2, 0) is 0 Å². The van der Waals surface area contributed by atoms with Crippen LogP contribution in [0.25, 0.3) is 0 Å². The lowest BCUT2D eigenvalue weighted by Crippen LogP contribution is -2.43. The van der Waals surface area contributed by atoms with Crippen LogP contribution in [0.3, 0.4) is 0 Å². The molecule has 0 aliphatic heterocycles. The molecule has 0 N–H and O–H groups in total. The van der Waals surface area contributed by atoms with Crippen LogP contribution in [0.5, 0.6) is 5.75 Å². The molecule has 0 saturated heterocycles. The van der Waals surface area contributed by atoms with E-state index in [0.29, 0.717) is 10.4 Å². The zero-order valence-electron chi connectivity index (χ0n) is 7.21. The molecule has 1 aliphatic rings.